The molecule has 0 aliphatic carbocycles. The number of aromatic nitrogens is 2. The molecule has 1 unspecified atom stereocenters. The summed E-state index contributed by atoms with van der Waals surface area (Å²) in [5, 5.41) is 14.1. The summed E-state index contributed by atoms with van der Waals surface area (Å²) >= 11 is 0. The molecule has 1 rings (SSSR count). The molecule has 0 bridgehead atoms. The number of aliphatic hydroxyl groups excluding tert-OH is 1. The van der Waals surface area contributed by atoms with Crippen LogP contribution in [-0.4, -0.2) is 15.3 Å². The third-order valence-electron chi connectivity index (χ3n) is 0.812. The normalized spacial score (nSPS) is 13.6. The van der Waals surface area contributed by atoms with E-state index in [1.807, 2.05) is 5.10 Å². The fourth-order valence-electron chi connectivity index (χ4n) is 0.420. The molecule has 5 nitrogen and oxygen atoms in total. The average Bonchev–Trinajstić information content (AvgIpc) is 2.14. The fourth-order valence-corrected chi connectivity index (χ4v) is 0.420. The van der Waals surface area contributed by atoms with Gasteiger partial charge in [-0.1, -0.05) is 0 Å². The van der Waals surface area contributed by atoms with Gasteiger partial charge in [-0.05, 0) is 6.92 Å². The summed E-state index contributed by atoms with van der Waals surface area (Å²) in [5.74, 6) is -0.633. The summed E-state index contributed by atoms with van der Waals surface area (Å²) in [6.07, 6.45) is -0.830. The summed E-state index contributed by atoms with van der Waals surface area (Å²) in [7, 11) is 0. The lowest BCUT2D eigenvalue weighted by Crippen LogP contribution is -1.94. The van der Waals surface area contributed by atoms with E-state index in [-0.39, 0.29) is 5.89 Å². The Kier molecular flexibility index (Phi) is 1.35. The van der Waals surface area contributed by atoms with Crippen LogP contribution < -0.4 is 5.76 Å². The number of nitrogens with one attached hydrogen (secondary N) is 1. The van der Waals surface area contributed by atoms with Crippen molar-refractivity contribution in [2.45, 2.75) is 13.0 Å². The maximum absolute atomic E-state index is 10.2. The van der Waals surface area contributed by atoms with Gasteiger partial charge in [-0.25, -0.2) is 9.89 Å². The Bertz CT molecular complexity index is 236. The second kappa shape index (κ2) is 2.02. The fraction of sp³-hybridized carbons (Fsp3) is 0.500. The zero-order valence-corrected chi connectivity index (χ0v) is 4.79. The highest BCUT2D eigenvalue weighted by Gasteiger charge is 2.05. The van der Waals surface area contributed by atoms with Crippen LogP contribution in [0.25, 0.3) is 0 Å². The van der Waals surface area contributed by atoms with Crippen LogP contribution in [0.1, 0.15) is 18.9 Å². The van der Waals surface area contributed by atoms with Gasteiger partial charge in [0.25, 0.3) is 0 Å². The van der Waals surface area contributed by atoms with Gasteiger partial charge in [0.2, 0.25) is 5.89 Å². The molecule has 2 N–H and O–H groups in total. The molecule has 1 heterocycles. The van der Waals surface area contributed by atoms with Crippen LogP contribution in [0, 0.1) is 0 Å². The highest BCUT2D eigenvalue weighted by molar-refractivity contribution is 4.76. The molecule has 0 spiro atoms. The number of hydrogen-bond donors (Lipinski definition) is 2. The Morgan fingerprint density at radius 1 is 1.89 bits per heavy atom. The second-order valence-corrected chi connectivity index (χ2v) is 1.63. The maximum atomic E-state index is 10.2. The number of aromatic amines is 1. The molecule has 0 aliphatic rings. The number of aliphatic hydroxyl groups is 1. The summed E-state index contributed by atoms with van der Waals surface area (Å²) in [6, 6.07) is 0. The van der Waals surface area contributed by atoms with Crippen molar-refractivity contribution in [3.63, 3.8) is 0 Å². The Morgan fingerprint density at radius 2 is 2.56 bits per heavy atom. The molecule has 0 saturated heterocycles. The van der Waals surface area contributed by atoms with Crippen molar-refractivity contribution in [3.05, 3.63) is 16.4 Å². The van der Waals surface area contributed by atoms with E-state index in [1.54, 1.807) is 0 Å². The quantitative estimate of drug-likeness (QED) is 0.532. The molecule has 9 heavy (non-hydrogen) atoms. The van der Waals surface area contributed by atoms with Crippen LogP contribution in [0.2, 0.25) is 0 Å². The number of hydrogen-bond acceptors (Lipinski definition) is 4. The Hall–Kier alpha value is -1.10. The van der Waals surface area contributed by atoms with Crippen LogP contribution >= 0.6 is 0 Å². The first-order valence-corrected chi connectivity index (χ1v) is 2.43. The van der Waals surface area contributed by atoms with Crippen molar-refractivity contribution in [1.29, 1.82) is 0 Å². The minimum atomic E-state index is -0.830. The lowest BCUT2D eigenvalue weighted by molar-refractivity contribution is 0.160. The van der Waals surface area contributed by atoms with Gasteiger partial charge in [0.1, 0.15) is 6.10 Å². The van der Waals surface area contributed by atoms with Crippen LogP contribution in [0.15, 0.2) is 9.21 Å². The third kappa shape index (κ3) is 1.17. The molecule has 1 aromatic heterocycles. The smallest absolute Gasteiger partial charge is 0.390 e. The van der Waals surface area contributed by atoms with E-state index < -0.39 is 11.9 Å². The van der Waals surface area contributed by atoms with Crippen molar-refractivity contribution in [2.24, 2.45) is 0 Å². The Labute approximate surface area is 50.3 Å². The minimum Gasteiger partial charge on any atom is -0.390 e. The zero-order valence-electron chi connectivity index (χ0n) is 4.79. The van der Waals surface area contributed by atoms with Crippen molar-refractivity contribution in [1.82, 2.24) is 10.2 Å². The van der Waals surface area contributed by atoms with E-state index in [1.165, 1.54) is 6.92 Å². The van der Waals surface area contributed by atoms with Gasteiger partial charge in [-0.3, -0.25) is 0 Å². The topological polar surface area (TPSA) is 79.1 Å². The van der Waals surface area contributed by atoms with Gasteiger partial charge in [-0.2, -0.15) is 0 Å². The Morgan fingerprint density at radius 3 is 2.78 bits per heavy atom. The van der Waals surface area contributed by atoms with Crippen LogP contribution in [0.4, 0.5) is 0 Å². The molecule has 1 atom stereocenters. The van der Waals surface area contributed by atoms with Gasteiger partial charge in [0.15, 0.2) is 0 Å². The maximum Gasteiger partial charge on any atom is 0.434 e. The summed E-state index contributed by atoms with van der Waals surface area (Å²) in [5.41, 5.74) is 0. The van der Waals surface area contributed by atoms with Crippen LogP contribution in [0.5, 0.6) is 0 Å². The molecule has 50 valence electrons. The van der Waals surface area contributed by atoms with Crippen LogP contribution in [-0.2, 0) is 0 Å². The minimum absolute atomic E-state index is 0.0139. The highest BCUT2D eigenvalue weighted by atomic mass is 16.4. The predicted octanol–water partition coefficient (Wildman–Crippen LogP) is -0.584. The lowest BCUT2D eigenvalue weighted by Gasteiger charge is -1.90. The van der Waals surface area contributed by atoms with E-state index >= 15 is 0 Å². The first-order valence-electron chi connectivity index (χ1n) is 2.43. The molecule has 1 aromatic rings. The molecule has 0 radical (unpaired) electrons. The van der Waals surface area contributed by atoms with Gasteiger partial charge < -0.3 is 9.52 Å². The molecule has 0 aliphatic heterocycles. The molecule has 0 saturated carbocycles. The van der Waals surface area contributed by atoms with E-state index in [9.17, 15) is 4.79 Å². The number of H-pyrrole nitrogens is 1. The molecule has 0 fully saturated rings. The third-order valence-corrected chi connectivity index (χ3v) is 0.812. The second-order valence-electron chi connectivity index (χ2n) is 1.63. The van der Waals surface area contributed by atoms with Crippen molar-refractivity contribution >= 4 is 0 Å². The SMILES string of the molecule is CC(O)c1n[nH]c(=O)o1. The highest BCUT2D eigenvalue weighted by Crippen LogP contribution is 2.02. The lowest BCUT2D eigenvalue weighted by atomic mass is 10.4. The molecule has 0 aromatic carbocycles. The van der Waals surface area contributed by atoms with Gasteiger partial charge in [0.05, 0.1) is 0 Å². The summed E-state index contributed by atoms with van der Waals surface area (Å²) in [4.78, 5) is 10.2. The van der Waals surface area contributed by atoms with Gasteiger partial charge in [-0.15, -0.1) is 5.10 Å². The van der Waals surface area contributed by atoms with Gasteiger partial charge in [0, 0.05) is 0 Å². The largest absolute Gasteiger partial charge is 0.434 e. The first-order chi connectivity index (χ1) is 4.20. The summed E-state index contributed by atoms with van der Waals surface area (Å²) < 4.78 is 4.37. The Balaban J connectivity index is 2.98. The number of rotatable bonds is 1. The standard InChI is InChI=1S/C4H6N2O3/c1-2(7)3-5-6-4(8)9-3/h2,7H,1H3,(H,6,8). The number of nitrogens with zero attached hydrogens (tertiary/aromatic N) is 1. The van der Waals surface area contributed by atoms with Crippen molar-refractivity contribution in [3.8, 4) is 0 Å². The molecule has 5 heteroatoms. The monoisotopic (exact) mass is 130 g/mol. The van der Waals surface area contributed by atoms with Gasteiger partial charge >= 0.3 is 5.76 Å². The van der Waals surface area contributed by atoms with Crippen molar-refractivity contribution < 1.29 is 9.52 Å². The van der Waals surface area contributed by atoms with Crippen LogP contribution in [0.3, 0.4) is 0 Å². The van der Waals surface area contributed by atoms with E-state index in [2.05, 4.69) is 9.52 Å². The average molecular weight is 130 g/mol. The van der Waals surface area contributed by atoms with E-state index in [0.29, 0.717) is 0 Å². The predicted molar refractivity (Wildman–Crippen MR) is 27.8 cm³/mol. The molecular formula is C4H6N2O3. The summed E-state index contributed by atoms with van der Waals surface area (Å²) in [6.45, 7) is 1.46. The zero-order chi connectivity index (χ0) is 6.85. The molecule has 0 amide bonds. The van der Waals surface area contributed by atoms with E-state index in [4.69, 9.17) is 5.11 Å². The first kappa shape index (κ1) is 6.03. The molecular weight excluding hydrogens is 124 g/mol. The van der Waals surface area contributed by atoms with E-state index in [0.717, 1.165) is 0 Å². The van der Waals surface area contributed by atoms with Crippen molar-refractivity contribution in [2.75, 3.05) is 0 Å².